The van der Waals surface area contributed by atoms with Crippen molar-refractivity contribution in [3.63, 3.8) is 0 Å². The average Bonchev–Trinajstić information content (AvgIpc) is 2.57. The SMILES string of the molecule is C=CS(=O)(=O)Nc1ccc(C)c(-c2c[nH]c(=O)c3ccccc23)c1. The van der Waals surface area contributed by atoms with Crippen LogP contribution in [0, 0.1) is 6.92 Å². The summed E-state index contributed by atoms with van der Waals surface area (Å²) in [4.78, 5) is 14.7. The van der Waals surface area contributed by atoms with Crippen molar-refractivity contribution in [2.45, 2.75) is 6.92 Å². The molecule has 5 nitrogen and oxygen atoms in total. The molecule has 1 heterocycles. The second-order valence-electron chi connectivity index (χ2n) is 5.42. The Bertz CT molecular complexity index is 1100. The summed E-state index contributed by atoms with van der Waals surface area (Å²) in [5.74, 6) is 0. The molecule has 0 bridgehead atoms. The number of anilines is 1. The third kappa shape index (κ3) is 2.96. The maximum atomic E-state index is 12.0. The Labute approximate surface area is 139 Å². The van der Waals surface area contributed by atoms with Crippen LogP contribution in [0.4, 0.5) is 5.69 Å². The third-order valence-electron chi connectivity index (χ3n) is 3.82. The van der Waals surface area contributed by atoms with Crippen LogP contribution >= 0.6 is 0 Å². The number of pyridine rings is 1. The van der Waals surface area contributed by atoms with E-state index in [2.05, 4.69) is 16.3 Å². The van der Waals surface area contributed by atoms with E-state index in [4.69, 9.17) is 0 Å². The largest absolute Gasteiger partial charge is 0.328 e. The van der Waals surface area contributed by atoms with Gasteiger partial charge in [-0.1, -0.05) is 30.8 Å². The van der Waals surface area contributed by atoms with Crippen molar-refractivity contribution in [1.29, 1.82) is 0 Å². The van der Waals surface area contributed by atoms with Crippen LogP contribution in [0.5, 0.6) is 0 Å². The fourth-order valence-electron chi connectivity index (χ4n) is 2.61. The first-order valence-electron chi connectivity index (χ1n) is 7.28. The van der Waals surface area contributed by atoms with Crippen LogP contribution in [0.15, 0.2) is 65.4 Å². The highest BCUT2D eigenvalue weighted by atomic mass is 32.2. The second kappa shape index (κ2) is 5.98. The minimum Gasteiger partial charge on any atom is -0.328 e. The molecule has 24 heavy (non-hydrogen) atoms. The van der Waals surface area contributed by atoms with Crippen molar-refractivity contribution < 1.29 is 8.42 Å². The Morgan fingerprint density at radius 2 is 1.79 bits per heavy atom. The lowest BCUT2D eigenvalue weighted by Gasteiger charge is -2.12. The number of nitrogens with one attached hydrogen (secondary N) is 2. The molecule has 6 heteroatoms. The van der Waals surface area contributed by atoms with E-state index >= 15 is 0 Å². The molecule has 3 aromatic rings. The highest BCUT2D eigenvalue weighted by molar-refractivity contribution is 7.95. The Morgan fingerprint density at radius 3 is 2.50 bits per heavy atom. The van der Waals surface area contributed by atoms with Gasteiger partial charge in [-0.3, -0.25) is 9.52 Å². The lowest BCUT2D eigenvalue weighted by Crippen LogP contribution is -2.09. The molecule has 0 atom stereocenters. The lowest BCUT2D eigenvalue weighted by molar-refractivity contribution is 0.609. The number of rotatable bonds is 4. The highest BCUT2D eigenvalue weighted by Gasteiger charge is 2.11. The summed E-state index contributed by atoms with van der Waals surface area (Å²) in [7, 11) is -3.58. The minimum atomic E-state index is -3.58. The quantitative estimate of drug-likeness (QED) is 0.764. The number of fused-ring (bicyclic) bond motifs is 1. The van der Waals surface area contributed by atoms with Gasteiger partial charge in [-0.05, 0) is 41.6 Å². The molecular weight excluding hydrogens is 324 g/mol. The van der Waals surface area contributed by atoms with Gasteiger partial charge in [0.05, 0.1) is 0 Å². The number of aryl methyl sites for hydroxylation is 1. The van der Waals surface area contributed by atoms with Gasteiger partial charge in [0.25, 0.3) is 15.6 Å². The molecule has 0 aliphatic heterocycles. The molecular formula is C18H16N2O3S. The van der Waals surface area contributed by atoms with Crippen LogP contribution in [-0.4, -0.2) is 13.4 Å². The predicted octanol–water partition coefficient (Wildman–Crippen LogP) is 3.39. The number of hydrogen-bond acceptors (Lipinski definition) is 3. The molecule has 2 aromatic carbocycles. The third-order valence-corrected chi connectivity index (χ3v) is 4.78. The monoisotopic (exact) mass is 340 g/mol. The van der Waals surface area contributed by atoms with Crippen molar-refractivity contribution >= 4 is 26.5 Å². The van der Waals surface area contributed by atoms with E-state index in [-0.39, 0.29) is 5.56 Å². The maximum absolute atomic E-state index is 12.0. The van der Waals surface area contributed by atoms with Gasteiger partial charge < -0.3 is 4.98 Å². The second-order valence-corrected chi connectivity index (χ2v) is 7.05. The van der Waals surface area contributed by atoms with E-state index in [1.54, 1.807) is 24.4 Å². The van der Waals surface area contributed by atoms with Crippen molar-refractivity contribution in [3.8, 4) is 11.1 Å². The van der Waals surface area contributed by atoms with Gasteiger partial charge in [-0.2, -0.15) is 0 Å². The van der Waals surface area contributed by atoms with Crippen LogP contribution in [0.1, 0.15) is 5.56 Å². The highest BCUT2D eigenvalue weighted by Crippen LogP contribution is 2.31. The molecule has 1 aromatic heterocycles. The van der Waals surface area contributed by atoms with E-state index < -0.39 is 10.0 Å². The first-order valence-corrected chi connectivity index (χ1v) is 8.82. The molecule has 0 unspecified atom stereocenters. The standard InChI is InChI=1S/C18H16N2O3S/c1-3-24(22,23)20-13-9-8-12(2)16(10-13)17-11-19-18(21)15-7-5-4-6-14(15)17/h3-11,20H,1H2,2H3,(H,19,21). The zero-order valence-electron chi connectivity index (χ0n) is 13.0. The van der Waals surface area contributed by atoms with E-state index in [1.165, 1.54) is 0 Å². The molecule has 122 valence electrons. The van der Waals surface area contributed by atoms with E-state index in [0.29, 0.717) is 11.1 Å². The number of aromatic nitrogens is 1. The number of H-pyrrole nitrogens is 1. The fourth-order valence-corrected chi connectivity index (χ4v) is 3.15. The number of sulfonamides is 1. The fraction of sp³-hybridized carbons (Fsp3) is 0.0556. The summed E-state index contributed by atoms with van der Waals surface area (Å²) in [5, 5.41) is 2.27. The Morgan fingerprint density at radius 1 is 1.08 bits per heavy atom. The number of aromatic amines is 1. The summed E-state index contributed by atoms with van der Waals surface area (Å²) >= 11 is 0. The molecule has 0 aliphatic carbocycles. The van der Waals surface area contributed by atoms with Gasteiger partial charge >= 0.3 is 0 Å². The topological polar surface area (TPSA) is 79.0 Å². The predicted molar refractivity (Wildman–Crippen MR) is 97.5 cm³/mol. The molecule has 0 aliphatic rings. The molecule has 0 amide bonds. The van der Waals surface area contributed by atoms with Gasteiger partial charge in [0.1, 0.15) is 0 Å². The van der Waals surface area contributed by atoms with E-state index in [1.807, 2.05) is 31.2 Å². The minimum absolute atomic E-state index is 0.157. The summed E-state index contributed by atoms with van der Waals surface area (Å²) in [5.41, 5.74) is 2.92. The lowest BCUT2D eigenvalue weighted by atomic mass is 9.97. The average molecular weight is 340 g/mol. The van der Waals surface area contributed by atoms with Crippen LogP contribution in [0.3, 0.4) is 0 Å². The molecule has 0 spiro atoms. The number of benzene rings is 2. The van der Waals surface area contributed by atoms with Gasteiger partial charge in [-0.15, -0.1) is 0 Å². The molecule has 0 radical (unpaired) electrons. The smallest absolute Gasteiger partial charge is 0.255 e. The summed E-state index contributed by atoms with van der Waals surface area (Å²) in [6.07, 6.45) is 1.65. The summed E-state index contributed by atoms with van der Waals surface area (Å²) in [6, 6.07) is 12.6. The first kappa shape index (κ1) is 16.0. The Hall–Kier alpha value is -2.86. The molecule has 0 saturated heterocycles. The first-order chi connectivity index (χ1) is 11.4. The van der Waals surface area contributed by atoms with Crippen LogP contribution in [-0.2, 0) is 10.0 Å². The van der Waals surface area contributed by atoms with Crippen LogP contribution in [0.25, 0.3) is 21.9 Å². The molecule has 2 N–H and O–H groups in total. The maximum Gasteiger partial charge on any atom is 0.255 e. The van der Waals surface area contributed by atoms with E-state index in [0.717, 1.165) is 27.5 Å². The normalized spacial score (nSPS) is 11.4. The number of hydrogen-bond donors (Lipinski definition) is 2. The summed E-state index contributed by atoms with van der Waals surface area (Å²) < 4.78 is 25.8. The van der Waals surface area contributed by atoms with Crippen molar-refractivity contribution in [3.05, 3.63) is 76.6 Å². The molecule has 3 rings (SSSR count). The van der Waals surface area contributed by atoms with Gasteiger partial charge in [0, 0.05) is 28.2 Å². The van der Waals surface area contributed by atoms with Gasteiger partial charge in [0.15, 0.2) is 0 Å². The van der Waals surface area contributed by atoms with Crippen LogP contribution < -0.4 is 10.3 Å². The van der Waals surface area contributed by atoms with Gasteiger partial charge in [0.2, 0.25) is 0 Å². The zero-order valence-corrected chi connectivity index (χ0v) is 13.9. The van der Waals surface area contributed by atoms with Crippen LogP contribution in [0.2, 0.25) is 0 Å². The van der Waals surface area contributed by atoms with Gasteiger partial charge in [-0.25, -0.2) is 8.42 Å². The van der Waals surface area contributed by atoms with Crippen molar-refractivity contribution in [2.24, 2.45) is 0 Å². The van der Waals surface area contributed by atoms with Crippen molar-refractivity contribution in [1.82, 2.24) is 4.98 Å². The summed E-state index contributed by atoms with van der Waals surface area (Å²) in [6.45, 7) is 5.22. The van der Waals surface area contributed by atoms with Crippen molar-refractivity contribution in [2.75, 3.05) is 4.72 Å². The molecule has 0 fully saturated rings. The molecule has 0 saturated carbocycles. The van der Waals surface area contributed by atoms with E-state index in [9.17, 15) is 13.2 Å². The Balaban J connectivity index is 2.22. The Kier molecular flexibility index (Phi) is 3.99. The zero-order chi connectivity index (χ0) is 17.3.